The van der Waals surface area contributed by atoms with Crippen LogP contribution in [0.3, 0.4) is 0 Å². The number of nitrogens with two attached hydrogens (primary N) is 1. The van der Waals surface area contributed by atoms with Crippen LogP contribution >= 0.6 is 22.6 Å². The molecule has 0 fully saturated rings. The highest BCUT2D eigenvalue weighted by Crippen LogP contribution is 2.28. The first-order chi connectivity index (χ1) is 9.47. The van der Waals surface area contributed by atoms with E-state index in [4.69, 9.17) is 5.73 Å². The van der Waals surface area contributed by atoms with Crippen LogP contribution in [-0.4, -0.2) is 9.55 Å². The van der Waals surface area contributed by atoms with Crippen molar-refractivity contribution < 1.29 is 13.2 Å². The molecule has 3 aromatic rings. The number of hydrogen-bond donors (Lipinski definition) is 1. The number of halogens is 4. The number of anilines is 1. The summed E-state index contributed by atoms with van der Waals surface area (Å²) in [5, 5.41) is 0. The summed E-state index contributed by atoms with van der Waals surface area (Å²) < 4.78 is 42.8. The molecule has 102 valence electrons. The van der Waals surface area contributed by atoms with Crippen molar-refractivity contribution in [2.45, 2.75) is 0 Å². The molecule has 7 heteroatoms. The van der Waals surface area contributed by atoms with Gasteiger partial charge in [-0.15, -0.1) is 0 Å². The second-order valence-corrected chi connectivity index (χ2v) is 5.40. The maximum atomic E-state index is 13.9. The van der Waals surface area contributed by atoms with Gasteiger partial charge in [0, 0.05) is 15.7 Å². The van der Waals surface area contributed by atoms with E-state index in [0.29, 0.717) is 23.2 Å². The van der Waals surface area contributed by atoms with E-state index in [1.165, 1.54) is 0 Å². The van der Waals surface area contributed by atoms with Gasteiger partial charge in [0.15, 0.2) is 11.6 Å². The number of benzene rings is 2. The minimum atomic E-state index is -1.04. The molecule has 0 spiro atoms. The summed E-state index contributed by atoms with van der Waals surface area (Å²) in [5.41, 5.74) is 6.26. The molecule has 0 atom stereocenters. The first-order valence-electron chi connectivity index (χ1n) is 5.56. The van der Waals surface area contributed by atoms with Gasteiger partial charge in [-0.3, -0.25) is 4.57 Å². The van der Waals surface area contributed by atoms with Crippen LogP contribution in [0.1, 0.15) is 0 Å². The van der Waals surface area contributed by atoms with Gasteiger partial charge in [0.05, 0.1) is 11.0 Å². The molecule has 1 heterocycles. The third-order valence-corrected chi connectivity index (χ3v) is 3.52. The molecular weight excluding hydrogens is 382 g/mol. The lowest BCUT2D eigenvalue weighted by Gasteiger charge is -2.09. The predicted octanol–water partition coefficient (Wildman–Crippen LogP) is 3.63. The topological polar surface area (TPSA) is 43.8 Å². The zero-order valence-electron chi connectivity index (χ0n) is 9.87. The van der Waals surface area contributed by atoms with Crippen molar-refractivity contribution in [3.63, 3.8) is 0 Å². The van der Waals surface area contributed by atoms with Crippen LogP contribution in [-0.2, 0) is 0 Å². The first-order valence-corrected chi connectivity index (χ1v) is 6.63. The third kappa shape index (κ3) is 2.01. The number of hydrogen-bond acceptors (Lipinski definition) is 2. The summed E-state index contributed by atoms with van der Waals surface area (Å²) in [6.07, 6.45) is 0. The second-order valence-electron chi connectivity index (χ2n) is 4.16. The Morgan fingerprint density at radius 2 is 1.70 bits per heavy atom. The van der Waals surface area contributed by atoms with E-state index in [9.17, 15) is 13.2 Å². The van der Waals surface area contributed by atoms with Gasteiger partial charge in [-0.1, -0.05) is 0 Å². The highest BCUT2D eigenvalue weighted by atomic mass is 127. The number of nitrogen functional groups attached to an aromatic ring is 1. The molecule has 0 radical (unpaired) electrons. The van der Waals surface area contributed by atoms with Crippen LogP contribution < -0.4 is 5.73 Å². The maximum absolute atomic E-state index is 13.9. The fourth-order valence-electron chi connectivity index (χ4n) is 2.06. The van der Waals surface area contributed by atoms with Gasteiger partial charge in [-0.25, -0.2) is 18.2 Å². The Morgan fingerprint density at radius 1 is 1.05 bits per heavy atom. The largest absolute Gasteiger partial charge is 0.369 e. The van der Waals surface area contributed by atoms with Crippen molar-refractivity contribution in [1.29, 1.82) is 0 Å². The van der Waals surface area contributed by atoms with Crippen LogP contribution in [0.2, 0.25) is 0 Å². The summed E-state index contributed by atoms with van der Waals surface area (Å²) in [7, 11) is 0. The molecule has 20 heavy (non-hydrogen) atoms. The molecule has 0 saturated carbocycles. The molecular formula is C13H7F3IN3. The first kappa shape index (κ1) is 13.2. The van der Waals surface area contributed by atoms with Gasteiger partial charge >= 0.3 is 0 Å². The molecule has 0 aliphatic heterocycles. The molecule has 3 nitrogen and oxygen atoms in total. The number of fused-ring (bicyclic) bond motifs is 1. The molecule has 0 saturated heterocycles. The van der Waals surface area contributed by atoms with E-state index in [1.807, 2.05) is 0 Å². The SMILES string of the molecule is Nc1nc2cc(I)ccc2n1-c1c(F)cc(F)cc1F. The summed E-state index contributed by atoms with van der Waals surface area (Å²) in [4.78, 5) is 4.06. The van der Waals surface area contributed by atoms with Crippen LogP contribution in [0.5, 0.6) is 0 Å². The van der Waals surface area contributed by atoms with Gasteiger partial charge in [-0.05, 0) is 40.8 Å². The number of rotatable bonds is 1. The average molecular weight is 389 g/mol. The Kier molecular flexibility index (Phi) is 3.08. The highest BCUT2D eigenvalue weighted by molar-refractivity contribution is 14.1. The van der Waals surface area contributed by atoms with Crippen molar-refractivity contribution in [3.05, 3.63) is 51.4 Å². The average Bonchev–Trinajstić information content (AvgIpc) is 2.64. The van der Waals surface area contributed by atoms with E-state index in [2.05, 4.69) is 27.6 Å². The quantitative estimate of drug-likeness (QED) is 0.647. The zero-order valence-corrected chi connectivity index (χ0v) is 12.0. The van der Waals surface area contributed by atoms with E-state index in [0.717, 1.165) is 8.14 Å². The van der Waals surface area contributed by atoms with Crippen molar-refractivity contribution in [2.24, 2.45) is 0 Å². The van der Waals surface area contributed by atoms with Gasteiger partial charge in [-0.2, -0.15) is 0 Å². The Morgan fingerprint density at radius 3 is 2.35 bits per heavy atom. The molecule has 3 rings (SSSR count). The number of imidazole rings is 1. The number of nitrogens with zero attached hydrogens (tertiary/aromatic N) is 2. The highest BCUT2D eigenvalue weighted by Gasteiger charge is 2.19. The van der Waals surface area contributed by atoms with Crippen molar-refractivity contribution >= 4 is 39.6 Å². The van der Waals surface area contributed by atoms with Gasteiger partial charge in [0.25, 0.3) is 0 Å². The third-order valence-electron chi connectivity index (χ3n) is 2.85. The summed E-state index contributed by atoms with van der Waals surface area (Å²) in [6.45, 7) is 0. The predicted molar refractivity (Wildman–Crippen MR) is 78.1 cm³/mol. The van der Waals surface area contributed by atoms with Crippen molar-refractivity contribution in [1.82, 2.24) is 9.55 Å². The standard InChI is InChI=1S/C13H7F3IN3/c14-6-3-8(15)12(9(16)4-6)20-11-2-1-7(17)5-10(11)19-13(20)18/h1-5H,(H2,18,19). The Labute approximate surface area is 125 Å². The molecule has 2 N–H and O–H groups in total. The lowest BCUT2D eigenvalue weighted by molar-refractivity contribution is 0.536. The van der Waals surface area contributed by atoms with Gasteiger partial charge in [0.2, 0.25) is 5.95 Å². The fraction of sp³-hybridized carbons (Fsp3) is 0. The van der Waals surface area contributed by atoms with E-state index < -0.39 is 23.1 Å². The molecule has 0 amide bonds. The lowest BCUT2D eigenvalue weighted by atomic mass is 10.2. The fourth-order valence-corrected chi connectivity index (χ4v) is 2.53. The summed E-state index contributed by atoms with van der Waals surface area (Å²) in [5.74, 6) is -3.12. The van der Waals surface area contributed by atoms with Crippen LogP contribution in [0, 0.1) is 21.0 Å². The van der Waals surface area contributed by atoms with Gasteiger partial charge in [0.1, 0.15) is 11.5 Å². The second kappa shape index (κ2) is 4.65. The monoisotopic (exact) mass is 389 g/mol. The summed E-state index contributed by atoms with van der Waals surface area (Å²) in [6, 6.07) is 6.37. The zero-order chi connectivity index (χ0) is 14.4. The molecule has 1 aromatic heterocycles. The molecule has 0 aliphatic carbocycles. The van der Waals surface area contributed by atoms with Crippen molar-refractivity contribution in [3.8, 4) is 5.69 Å². The molecule has 0 unspecified atom stereocenters. The van der Waals surface area contributed by atoms with E-state index in [-0.39, 0.29) is 5.95 Å². The van der Waals surface area contributed by atoms with Crippen LogP contribution in [0.25, 0.3) is 16.7 Å². The molecule has 0 aliphatic rings. The molecule has 2 aromatic carbocycles. The Bertz CT molecular complexity index is 806. The Balaban J connectivity index is 2.38. The van der Waals surface area contributed by atoms with Gasteiger partial charge < -0.3 is 5.73 Å². The van der Waals surface area contributed by atoms with Crippen LogP contribution in [0.4, 0.5) is 19.1 Å². The minimum Gasteiger partial charge on any atom is -0.369 e. The van der Waals surface area contributed by atoms with Crippen molar-refractivity contribution in [2.75, 3.05) is 5.73 Å². The Hall–Kier alpha value is -1.77. The maximum Gasteiger partial charge on any atom is 0.206 e. The number of aromatic nitrogens is 2. The minimum absolute atomic E-state index is 0.0635. The normalized spacial score (nSPS) is 11.2. The smallest absolute Gasteiger partial charge is 0.206 e. The molecule has 0 bridgehead atoms. The van der Waals surface area contributed by atoms with Crippen LogP contribution in [0.15, 0.2) is 30.3 Å². The van der Waals surface area contributed by atoms with E-state index >= 15 is 0 Å². The van der Waals surface area contributed by atoms with E-state index in [1.54, 1.807) is 18.2 Å². The summed E-state index contributed by atoms with van der Waals surface area (Å²) >= 11 is 2.09. The lowest BCUT2D eigenvalue weighted by Crippen LogP contribution is -2.06.